The van der Waals surface area contributed by atoms with Crippen molar-refractivity contribution in [2.24, 2.45) is 0 Å². The Morgan fingerprint density at radius 3 is 3.36 bits per heavy atom. The number of rotatable bonds is 1. The predicted molar refractivity (Wildman–Crippen MR) is 41.1 cm³/mol. The molecule has 1 aliphatic heterocycles. The Kier molecular flexibility index (Phi) is 1.62. The minimum Gasteiger partial charge on any atom is -0.311 e. The lowest BCUT2D eigenvalue weighted by Crippen LogP contribution is -2.24. The van der Waals surface area contributed by atoms with Gasteiger partial charge in [0.2, 0.25) is 0 Å². The Hall–Kier alpha value is -0.900. The third-order valence-corrected chi connectivity index (χ3v) is 2.05. The van der Waals surface area contributed by atoms with Crippen molar-refractivity contribution in [1.29, 1.82) is 0 Å². The molecule has 0 atom stereocenters. The second-order valence-corrected chi connectivity index (χ2v) is 2.73. The number of fused-ring (bicyclic) bond motifs is 1. The molecule has 0 aliphatic carbocycles. The van der Waals surface area contributed by atoms with Crippen LogP contribution in [0.15, 0.2) is 0 Å². The Bertz CT molecular complexity index is 239. The molecule has 0 radical (unpaired) electrons. The summed E-state index contributed by atoms with van der Waals surface area (Å²) in [6.07, 6.45) is 1.07. The highest BCUT2D eigenvalue weighted by Crippen LogP contribution is 2.09. The summed E-state index contributed by atoms with van der Waals surface area (Å²) in [6.45, 7) is 4.97. The zero-order valence-corrected chi connectivity index (χ0v) is 6.67. The van der Waals surface area contributed by atoms with Gasteiger partial charge in [0.1, 0.15) is 0 Å². The molecule has 4 heteroatoms. The Labute approximate surface area is 65.6 Å². The summed E-state index contributed by atoms with van der Waals surface area (Å²) in [4.78, 5) is 0. The summed E-state index contributed by atoms with van der Waals surface area (Å²) in [7, 11) is 0. The molecule has 1 aromatic rings. The zero-order chi connectivity index (χ0) is 7.68. The molecule has 0 spiro atoms. The molecule has 0 bridgehead atoms. The fraction of sp³-hybridized carbons (Fsp3) is 0.714. The van der Waals surface area contributed by atoms with Gasteiger partial charge in [0, 0.05) is 26.1 Å². The van der Waals surface area contributed by atoms with Gasteiger partial charge in [-0.1, -0.05) is 5.21 Å². The molecular weight excluding hydrogens is 140 g/mol. The smallest absolute Gasteiger partial charge is 0.0997 e. The SMILES string of the molecule is CCn1nnc2c1CCNC2. The summed E-state index contributed by atoms with van der Waals surface area (Å²) < 4.78 is 1.98. The number of nitrogens with zero attached hydrogens (tertiary/aromatic N) is 3. The van der Waals surface area contributed by atoms with E-state index in [1.807, 2.05) is 4.68 Å². The van der Waals surface area contributed by atoms with Crippen molar-refractivity contribution in [3.05, 3.63) is 11.4 Å². The van der Waals surface area contributed by atoms with Crippen molar-refractivity contribution in [3.63, 3.8) is 0 Å². The van der Waals surface area contributed by atoms with Gasteiger partial charge in [-0.15, -0.1) is 5.10 Å². The monoisotopic (exact) mass is 152 g/mol. The minimum atomic E-state index is 0.884. The number of aryl methyl sites for hydroxylation is 1. The minimum absolute atomic E-state index is 0.884. The van der Waals surface area contributed by atoms with Gasteiger partial charge in [-0.3, -0.25) is 0 Å². The molecule has 0 unspecified atom stereocenters. The molecule has 60 valence electrons. The van der Waals surface area contributed by atoms with Gasteiger partial charge in [0.05, 0.1) is 11.4 Å². The van der Waals surface area contributed by atoms with Gasteiger partial charge in [-0.25, -0.2) is 4.68 Å². The number of aromatic nitrogens is 3. The molecule has 0 aromatic carbocycles. The van der Waals surface area contributed by atoms with Crippen LogP contribution in [-0.2, 0) is 19.5 Å². The number of hydrogen-bond donors (Lipinski definition) is 1. The zero-order valence-electron chi connectivity index (χ0n) is 6.67. The first-order chi connectivity index (χ1) is 5.42. The van der Waals surface area contributed by atoms with E-state index in [9.17, 15) is 0 Å². The summed E-state index contributed by atoms with van der Waals surface area (Å²) in [5.41, 5.74) is 2.43. The molecule has 2 rings (SSSR count). The van der Waals surface area contributed by atoms with Gasteiger partial charge >= 0.3 is 0 Å². The number of nitrogens with one attached hydrogen (secondary N) is 1. The second kappa shape index (κ2) is 2.62. The quantitative estimate of drug-likeness (QED) is 0.613. The van der Waals surface area contributed by atoms with E-state index in [0.29, 0.717) is 0 Å². The lowest BCUT2D eigenvalue weighted by Gasteiger charge is -2.11. The van der Waals surface area contributed by atoms with Gasteiger partial charge in [0.25, 0.3) is 0 Å². The normalized spacial score (nSPS) is 16.5. The van der Waals surface area contributed by atoms with Gasteiger partial charge in [-0.05, 0) is 6.92 Å². The van der Waals surface area contributed by atoms with Crippen molar-refractivity contribution in [1.82, 2.24) is 20.3 Å². The van der Waals surface area contributed by atoms with Gasteiger partial charge < -0.3 is 5.32 Å². The van der Waals surface area contributed by atoms with Crippen LogP contribution in [0.4, 0.5) is 0 Å². The van der Waals surface area contributed by atoms with Gasteiger partial charge in [0.15, 0.2) is 0 Å². The van der Waals surface area contributed by atoms with Crippen molar-refractivity contribution in [2.45, 2.75) is 26.4 Å². The van der Waals surface area contributed by atoms with Crippen LogP contribution < -0.4 is 5.32 Å². The van der Waals surface area contributed by atoms with Crippen LogP contribution in [-0.4, -0.2) is 21.5 Å². The van der Waals surface area contributed by atoms with E-state index in [1.165, 1.54) is 5.69 Å². The molecule has 11 heavy (non-hydrogen) atoms. The van der Waals surface area contributed by atoms with E-state index in [0.717, 1.165) is 31.7 Å². The highest BCUT2D eigenvalue weighted by Gasteiger charge is 2.14. The highest BCUT2D eigenvalue weighted by molar-refractivity contribution is 5.13. The topological polar surface area (TPSA) is 42.7 Å². The van der Waals surface area contributed by atoms with E-state index >= 15 is 0 Å². The van der Waals surface area contributed by atoms with Crippen LogP contribution in [0.2, 0.25) is 0 Å². The average Bonchev–Trinajstić information content (AvgIpc) is 2.47. The largest absolute Gasteiger partial charge is 0.311 e. The van der Waals surface area contributed by atoms with Crippen LogP contribution in [0.3, 0.4) is 0 Å². The highest BCUT2D eigenvalue weighted by atomic mass is 15.4. The van der Waals surface area contributed by atoms with Crippen LogP contribution in [0, 0.1) is 0 Å². The lowest BCUT2D eigenvalue weighted by atomic mass is 10.2. The summed E-state index contributed by atoms with van der Waals surface area (Å²) in [5.74, 6) is 0. The second-order valence-electron chi connectivity index (χ2n) is 2.73. The van der Waals surface area contributed by atoms with Crippen molar-refractivity contribution < 1.29 is 0 Å². The Morgan fingerprint density at radius 2 is 2.55 bits per heavy atom. The fourth-order valence-corrected chi connectivity index (χ4v) is 1.45. The lowest BCUT2D eigenvalue weighted by molar-refractivity contribution is 0.569. The first-order valence-electron chi connectivity index (χ1n) is 4.03. The molecule has 1 N–H and O–H groups in total. The molecule has 0 saturated heterocycles. The predicted octanol–water partition coefficient (Wildman–Crippen LogP) is -0.0563. The van der Waals surface area contributed by atoms with E-state index < -0.39 is 0 Å². The average molecular weight is 152 g/mol. The summed E-state index contributed by atoms with van der Waals surface area (Å²) in [6, 6.07) is 0. The molecule has 0 saturated carbocycles. The molecule has 0 amide bonds. The van der Waals surface area contributed by atoms with Gasteiger partial charge in [-0.2, -0.15) is 0 Å². The van der Waals surface area contributed by atoms with Crippen LogP contribution >= 0.6 is 0 Å². The number of hydrogen-bond acceptors (Lipinski definition) is 3. The molecule has 2 heterocycles. The van der Waals surface area contributed by atoms with E-state index in [4.69, 9.17) is 0 Å². The van der Waals surface area contributed by atoms with Crippen LogP contribution in [0.25, 0.3) is 0 Å². The van der Waals surface area contributed by atoms with E-state index in [-0.39, 0.29) is 0 Å². The maximum Gasteiger partial charge on any atom is 0.0997 e. The van der Waals surface area contributed by atoms with E-state index in [1.54, 1.807) is 0 Å². The van der Waals surface area contributed by atoms with Crippen LogP contribution in [0.5, 0.6) is 0 Å². The maximum absolute atomic E-state index is 4.08. The van der Waals surface area contributed by atoms with Crippen molar-refractivity contribution in [2.75, 3.05) is 6.54 Å². The molecule has 1 aromatic heterocycles. The van der Waals surface area contributed by atoms with Crippen LogP contribution in [0.1, 0.15) is 18.3 Å². The van der Waals surface area contributed by atoms with Crippen molar-refractivity contribution >= 4 is 0 Å². The molecule has 4 nitrogen and oxygen atoms in total. The summed E-state index contributed by atoms with van der Waals surface area (Å²) in [5, 5.41) is 11.4. The molecular formula is C7H12N4. The Balaban J connectivity index is 2.38. The Morgan fingerprint density at radius 1 is 1.64 bits per heavy atom. The van der Waals surface area contributed by atoms with E-state index in [2.05, 4.69) is 22.6 Å². The summed E-state index contributed by atoms with van der Waals surface area (Å²) >= 11 is 0. The molecule has 0 fully saturated rings. The first kappa shape index (κ1) is 6.79. The van der Waals surface area contributed by atoms with Crippen molar-refractivity contribution in [3.8, 4) is 0 Å². The maximum atomic E-state index is 4.08. The fourth-order valence-electron chi connectivity index (χ4n) is 1.45. The standard InChI is InChI=1S/C7H12N4/c1-2-11-7-3-4-8-5-6(7)9-10-11/h8H,2-5H2,1H3. The molecule has 1 aliphatic rings. The third kappa shape index (κ3) is 1.03. The first-order valence-corrected chi connectivity index (χ1v) is 4.03. The third-order valence-electron chi connectivity index (χ3n) is 2.05.